The molecule has 0 saturated heterocycles. The zero-order valence-corrected chi connectivity index (χ0v) is 12.0. The van der Waals surface area contributed by atoms with Crippen LogP contribution in [0.5, 0.6) is 0 Å². The van der Waals surface area contributed by atoms with Gasteiger partial charge in [0.25, 0.3) is 0 Å². The maximum atomic E-state index is 13.4. The molecule has 21 heavy (non-hydrogen) atoms. The number of amides is 2. The highest BCUT2D eigenvalue weighted by atomic mass is 19.1. The molecule has 1 aromatic rings. The quantitative estimate of drug-likeness (QED) is 0.843. The van der Waals surface area contributed by atoms with Crippen molar-refractivity contribution in [3.63, 3.8) is 0 Å². The summed E-state index contributed by atoms with van der Waals surface area (Å²) in [5.41, 5.74) is -0.0292. The van der Waals surface area contributed by atoms with Crippen molar-refractivity contribution in [3.8, 4) is 0 Å². The second-order valence-corrected chi connectivity index (χ2v) is 5.47. The van der Waals surface area contributed by atoms with Gasteiger partial charge in [0, 0.05) is 25.7 Å². The van der Waals surface area contributed by atoms with Crippen molar-refractivity contribution in [2.75, 3.05) is 20.1 Å². The molecule has 1 atom stereocenters. The summed E-state index contributed by atoms with van der Waals surface area (Å²) >= 11 is 0. The number of aliphatic hydroxyl groups is 1. The summed E-state index contributed by atoms with van der Waals surface area (Å²) in [7, 11) is 1.59. The molecule has 0 spiro atoms. The van der Waals surface area contributed by atoms with Gasteiger partial charge in [0.05, 0.1) is 6.10 Å². The first-order valence-corrected chi connectivity index (χ1v) is 7.09. The lowest BCUT2D eigenvalue weighted by molar-refractivity contribution is 0.113. The maximum Gasteiger partial charge on any atom is 0.317 e. The number of hydrogen-bond donors (Lipinski definition) is 2. The minimum absolute atomic E-state index is 0.0292. The molecular weight excluding hydrogens is 278 g/mol. The molecule has 0 bridgehead atoms. The zero-order valence-electron chi connectivity index (χ0n) is 12.0. The Kier molecular flexibility index (Phi) is 5.12. The van der Waals surface area contributed by atoms with Crippen LogP contribution in [0.2, 0.25) is 0 Å². The third kappa shape index (κ3) is 4.39. The fraction of sp³-hybridized carbons (Fsp3) is 0.533. The highest BCUT2D eigenvalue weighted by Gasteiger charge is 2.31. The second-order valence-electron chi connectivity index (χ2n) is 5.47. The van der Waals surface area contributed by atoms with Crippen molar-refractivity contribution < 1.29 is 18.7 Å². The van der Waals surface area contributed by atoms with Crippen LogP contribution in [0.4, 0.5) is 13.6 Å². The summed E-state index contributed by atoms with van der Waals surface area (Å²) in [4.78, 5) is 13.2. The number of aliphatic hydroxyl groups excluding tert-OH is 1. The number of nitrogens with one attached hydrogen (secondary N) is 1. The summed E-state index contributed by atoms with van der Waals surface area (Å²) in [5, 5.41) is 12.4. The van der Waals surface area contributed by atoms with Gasteiger partial charge in [0.15, 0.2) is 0 Å². The van der Waals surface area contributed by atoms with Crippen molar-refractivity contribution in [3.05, 3.63) is 35.4 Å². The van der Waals surface area contributed by atoms with Crippen LogP contribution in [-0.4, -0.2) is 42.3 Å². The number of carbonyl (C=O) groups excluding carboxylic acids is 1. The van der Waals surface area contributed by atoms with Crippen molar-refractivity contribution >= 4 is 6.03 Å². The molecule has 0 heterocycles. The van der Waals surface area contributed by atoms with E-state index in [2.05, 4.69) is 5.32 Å². The molecule has 0 aliphatic heterocycles. The molecule has 1 saturated carbocycles. The third-order valence-electron chi connectivity index (χ3n) is 3.69. The smallest absolute Gasteiger partial charge is 0.317 e. The van der Waals surface area contributed by atoms with Crippen molar-refractivity contribution in [1.29, 1.82) is 0 Å². The maximum absolute atomic E-state index is 13.4. The van der Waals surface area contributed by atoms with E-state index >= 15 is 0 Å². The van der Waals surface area contributed by atoms with Crippen molar-refractivity contribution in [2.24, 2.45) is 5.92 Å². The van der Waals surface area contributed by atoms with Crippen LogP contribution in [0.3, 0.4) is 0 Å². The summed E-state index contributed by atoms with van der Waals surface area (Å²) in [6.45, 7) is 0.408. The monoisotopic (exact) mass is 298 g/mol. The third-order valence-corrected chi connectivity index (χ3v) is 3.69. The zero-order chi connectivity index (χ0) is 15.4. The van der Waals surface area contributed by atoms with Crippen molar-refractivity contribution in [2.45, 2.75) is 25.4 Å². The summed E-state index contributed by atoms with van der Waals surface area (Å²) in [6, 6.07) is 3.34. The number of carbonyl (C=O) groups is 1. The Hall–Kier alpha value is -1.69. The molecule has 1 unspecified atom stereocenters. The first-order chi connectivity index (χ1) is 9.99. The highest BCUT2D eigenvalue weighted by Crippen LogP contribution is 2.32. The Morgan fingerprint density at radius 2 is 2.05 bits per heavy atom. The lowest BCUT2D eigenvalue weighted by Crippen LogP contribution is -2.42. The molecule has 4 nitrogen and oxygen atoms in total. The molecule has 2 amide bonds. The van der Waals surface area contributed by atoms with E-state index in [-0.39, 0.29) is 31.1 Å². The molecule has 116 valence electrons. The molecule has 1 aromatic carbocycles. The molecule has 1 aliphatic carbocycles. The van der Waals surface area contributed by atoms with Gasteiger partial charge >= 0.3 is 6.03 Å². The molecular formula is C15H20F2N2O2. The predicted molar refractivity (Wildman–Crippen MR) is 74.8 cm³/mol. The van der Waals surface area contributed by atoms with E-state index in [4.69, 9.17) is 0 Å². The number of rotatable bonds is 6. The minimum Gasteiger partial charge on any atom is -0.391 e. The Labute approximate surface area is 122 Å². The number of urea groups is 1. The normalized spacial score (nSPS) is 15.6. The fourth-order valence-corrected chi connectivity index (χ4v) is 2.19. The molecule has 2 N–H and O–H groups in total. The van der Waals surface area contributed by atoms with Crippen LogP contribution in [0.25, 0.3) is 0 Å². The number of halogens is 2. The topological polar surface area (TPSA) is 52.6 Å². The number of likely N-dealkylation sites (N-methyl/N-ethyl adjacent to an activating group) is 1. The molecule has 2 rings (SSSR count). The van der Waals surface area contributed by atoms with E-state index < -0.39 is 17.7 Å². The second kappa shape index (κ2) is 6.85. The fourth-order valence-electron chi connectivity index (χ4n) is 2.19. The van der Waals surface area contributed by atoms with Crippen molar-refractivity contribution in [1.82, 2.24) is 10.2 Å². The summed E-state index contributed by atoms with van der Waals surface area (Å²) in [5.74, 6) is -0.920. The largest absolute Gasteiger partial charge is 0.391 e. The van der Waals surface area contributed by atoms with E-state index in [0.29, 0.717) is 5.92 Å². The average Bonchev–Trinajstić information content (AvgIpc) is 3.26. The Morgan fingerprint density at radius 3 is 2.62 bits per heavy atom. The van der Waals surface area contributed by atoms with Crippen LogP contribution in [0, 0.1) is 17.6 Å². The minimum atomic E-state index is -0.609. The van der Waals surface area contributed by atoms with E-state index in [1.54, 1.807) is 7.05 Å². The van der Waals surface area contributed by atoms with E-state index in [9.17, 15) is 18.7 Å². The summed E-state index contributed by atoms with van der Waals surface area (Å²) < 4.78 is 26.8. The van der Waals surface area contributed by atoms with Gasteiger partial charge in [-0.2, -0.15) is 0 Å². The number of nitrogens with zero attached hydrogens (tertiary/aromatic N) is 1. The van der Waals surface area contributed by atoms with Gasteiger partial charge in [0.1, 0.15) is 11.6 Å². The SMILES string of the molecule is CN(CC(O)C1CC1)C(=O)NCCc1c(F)cccc1F. The lowest BCUT2D eigenvalue weighted by atomic mass is 10.1. The van der Waals surface area contributed by atoms with Gasteiger partial charge in [-0.25, -0.2) is 13.6 Å². The first kappa shape index (κ1) is 15.7. The van der Waals surface area contributed by atoms with Crippen LogP contribution in [-0.2, 0) is 6.42 Å². The van der Waals surface area contributed by atoms with E-state index in [1.165, 1.54) is 23.1 Å². The van der Waals surface area contributed by atoms with E-state index in [0.717, 1.165) is 12.8 Å². The highest BCUT2D eigenvalue weighted by molar-refractivity contribution is 5.73. The van der Waals surface area contributed by atoms with E-state index in [1.807, 2.05) is 0 Å². The van der Waals surface area contributed by atoms with Gasteiger partial charge in [-0.3, -0.25) is 0 Å². The predicted octanol–water partition coefficient (Wildman–Crippen LogP) is 1.92. The Morgan fingerprint density at radius 1 is 1.43 bits per heavy atom. The molecule has 1 aliphatic rings. The Balaban J connectivity index is 1.75. The van der Waals surface area contributed by atoms with Crippen LogP contribution in [0.15, 0.2) is 18.2 Å². The van der Waals surface area contributed by atoms with Gasteiger partial charge < -0.3 is 15.3 Å². The summed E-state index contributed by atoms with van der Waals surface area (Å²) in [6.07, 6.45) is 1.60. The average molecular weight is 298 g/mol. The van der Waals surface area contributed by atoms with Crippen LogP contribution in [0.1, 0.15) is 18.4 Å². The lowest BCUT2D eigenvalue weighted by Gasteiger charge is -2.21. The van der Waals surface area contributed by atoms with Gasteiger partial charge in [-0.1, -0.05) is 6.07 Å². The van der Waals surface area contributed by atoms with Gasteiger partial charge in [-0.15, -0.1) is 0 Å². The molecule has 6 heteroatoms. The molecule has 0 aromatic heterocycles. The standard InChI is InChI=1S/C15H20F2N2O2/c1-19(9-14(20)10-5-6-10)15(21)18-8-7-11-12(16)3-2-4-13(11)17/h2-4,10,14,20H,5-9H2,1H3,(H,18,21). The molecule has 1 fully saturated rings. The van der Waals surface area contributed by atoms with Crippen LogP contribution < -0.4 is 5.32 Å². The number of benzene rings is 1. The first-order valence-electron chi connectivity index (χ1n) is 7.09. The van der Waals surface area contributed by atoms with Crippen LogP contribution >= 0.6 is 0 Å². The Bertz CT molecular complexity index is 486. The molecule has 0 radical (unpaired) electrons. The van der Waals surface area contributed by atoms with Gasteiger partial charge in [0.2, 0.25) is 0 Å². The van der Waals surface area contributed by atoms with Gasteiger partial charge in [-0.05, 0) is 37.3 Å². The number of hydrogen-bond acceptors (Lipinski definition) is 2.